The maximum Gasteiger partial charge on any atom is 0.124 e. The third-order valence-corrected chi connectivity index (χ3v) is 3.09. The normalized spacial score (nSPS) is 21.3. The van der Waals surface area contributed by atoms with Crippen molar-refractivity contribution in [2.75, 3.05) is 0 Å². The monoisotopic (exact) mass is 244 g/mol. The second-order valence-electron chi connectivity index (χ2n) is 3.37. The molecule has 70 valence electrons. The molecule has 0 fully saturated rings. The Kier molecular flexibility index (Phi) is 2.39. The molecule has 1 atom stereocenters. The first kappa shape index (κ1) is 9.16. The van der Waals surface area contributed by atoms with Crippen LogP contribution in [0.1, 0.15) is 30.1 Å². The van der Waals surface area contributed by atoms with E-state index in [1.807, 2.05) is 0 Å². The van der Waals surface area contributed by atoms with Crippen LogP contribution >= 0.6 is 15.9 Å². The van der Waals surface area contributed by atoms with E-state index in [9.17, 15) is 9.50 Å². The molecule has 0 saturated heterocycles. The zero-order chi connectivity index (χ0) is 9.42. The lowest BCUT2D eigenvalue weighted by Crippen LogP contribution is -2.10. The topological polar surface area (TPSA) is 20.2 Å². The Bertz CT molecular complexity index is 338. The predicted molar refractivity (Wildman–Crippen MR) is 52.0 cm³/mol. The zero-order valence-electron chi connectivity index (χ0n) is 7.06. The molecule has 1 unspecified atom stereocenters. The number of rotatable bonds is 0. The van der Waals surface area contributed by atoms with Gasteiger partial charge in [0.05, 0.1) is 6.10 Å². The van der Waals surface area contributed by atoms with Crippen molar-refractivity contribution in [3.8, 4) is 0 Å². The van der Waals surface area contributed by atoms with E-state index >= 15 is 0 Å². The van der Waals surface area contributed by atoms with Crippen molar-refractivity contribution >= 4 is 15.9 Å². The fourth-order valence-electron chi connectivity index (χ4n) is 1.85. The van der Waals surface area contributed by atoms with E-state index in [0.29, 0.717) is 4.47 Å². The zero-order valence-corrected chi connectivity index (χ0v) is 8.64. The highest BCUT2D eigenvalue weighted by molar-refractivity contribution is 9.10. The fourth-order valence-corrected chi connectivity index (χ4v) is 2.59. The molecule has 0 spiro atoms. The van der Waals surface area contributed by atoms with Crippen molar-refractivity contribution in [1.29, 1.82) is 0 Å². The van der Waals surface area contributed by atoms with Gasteiger partial charge in [-0.3, -0.25) is 0 Å². The van der Waals surface area contributed by atoms with Crippen molar-refractivity contribution < 1.29 is 9.50 Å². The molecule has 0 amide bonds. The fraction of sp³-hybridized carbons (Fsp3) is 0.400. The van der Waals surface area contributed by atoms with Gasteiger partial charge in [-0.05, 0) is 42.5 Å². The van der Waals surface area contributed by atoms with Gasteiger partial charge in [0.15, 0.2) is 0 Å². The maximum absolute atomic E-state index is 13.0. The van der Waals surface area contributed by atoms with Crippen LogP contribution in [0.5, 0.6) is 0 Å². The molecule has 2 rings (SSSR count). The van der Waals surface area contributed by atoms with E-state index in [1.54, 1.807) is 0 Å². The predicted octanol–water partition coefficient (Wildman–Crippen LogP) is 2.96. The van der Waals surface area contributed by atoms with Gasteiger partial charge in [0.25, 0.3) is 0 Å². The van der Waals surface area contributed by atoms with Gasteiger partial charge < -0.3 is 5.11 Å². The summed E-state index contributed by atoms with van der Waals surface area (Å²) in [5, 5.41) is 9.68. The minimum atomic E-state index is -0.432. The van der Waals surface area contributed by atoms with Crippen LogP contribution in [-0.4, -0.2) is 5.11 Å². The van der Waals surface area contributed by atoms with Crippen LogP contribution in [-0.2, 0) is 6.42 Å². The van der Waals surface area contributed by atoms with Gasteiger partial charge >= 0.3 is 0 Å². The van der Waals surface area contributed by atoms with Crippen molar-refractivity contribution in [1.82, 2.24) is 0 Å². The highest BCUT2D eigenvalue weighted by Crippen LogP contribution is 2.35. The molecule has 0 radical (unpaired) electrons. The first-order valence-electron chi connectivity index (χ1n) is 4.34. The number of fused-ring (bicyclic) bond motifs is 1. The van der Waals surface area contributed by atoms with E-state index in [2.05, 4.69) is 15.9 Å². The van der Waals surface area contributed by atoms with E-state index in [1.165, 1.54) is 12.1 Å². The van der Waals surface area contributed by atoms with Gasteiger partial charge in [0.2, 0.25) is 0 Å². The third-order valence-electron chi connectivity index (χ3n) is 2.44. The lowest BCUT2D eigenvalue weighted by molar-refractivity contribution is 0.155. The molecule has 0 aliphatic heterocycles. The van der Waals surface area contributed by atoms with Gasteiger partial charge in [-0.1, -0.05) is 15.9 Å². The molecule has 0 bridgehead atoms. The van der Waals surface area contributed by atoms with Crippen molar-refractivity contribution in [2.24, 2.45) is 0 Å². The van der Waals surface area contributed by atoms with Crippen LogP contribution in [0.3, 0.4) is 0 Å². The van der Waals surface area contributed by atoms with E-state index in [-0.39, 0.29) is 5.82 Å². The second kappa shape index (κ2) is 3.39. The quantitative estimate of drug-likeness (QED) is 0.745. The van der Waals surface area contributed by atoms with E-state index < -0.39 is 6.10 Å². The molecule has 1 aromatic carbocycles. The SMILES string of the molecule is OC1CCCc2cc(F)cc(Br)c21. The molecule has 1 nitrogen and oxygen atoms in total. The van der Waals surface area contributed by atoms with Crippen LogP contribution < -0.4 is 0 Å². The molecule has 13 heavy (non-hydrogen) atoms. The standard InChI is InChI=1S/C10H10BrFO/c11-8-5-7(12)4-6-2-1-3-9(13)10(6)8/h4-5,9,13H,1-3H2. The molecular weight excluding hydrogens is 235 g/mol. The number of hydrogen-bond acceptors (Lipinski definition) is 1. The second-order valence-corrected chi connectivity index (χ2v) is 4.22. The summed E-state index contributed by atoms with van der Waals surface area (Å²) in [7, 11) is 0. The summed E-state index contributed by atoms with van der Waals surface area (Å²) < 4.78 is 13.7. The van der Waals surface area contributed by atoms with E-state index in [0.717, 1.165) is 30.4 Å². The summed E-state index contributed by atoms with van der Waals surface area (Å²) in [4.78, 5) is 0. The Balaban J connectivity index is 2.56. The van der Waals surface area contributed by atoms with Crippen molar-refractivity contribution in [3.63, 3.8) is 0 Å². The van der Waals surface area contributed by atoms with Gasteiger partial charge in [-0.2, -0.15) is 0 Å². The average Bonchev–Trinajstić information content (AvgIpc) is 2.02. The minimum Gasteiger partial charge on any atom is -0.388 e. The summed E-state index contributed by atoms with van der Waals surface area (Å²) in [5.74, 6) is -0.236. The lowest BCUT2D eigenvalue weighted by Gasteiger charge is -2.22. The van der Waals surface area contributed by atoms with Gasteiger partial charge in [0.1, 0.15) is 5.82 Å². The Morgan fingerprint density at radius 1 is 1.46 bits per heavy atom. The molecule has 1 aliphatic rings. The molecule has 0 saturated carbocycles. The molecule has 1 N–H and O–H groups in total. The molecule has 1 aromatic rings. The highest BCUT2D eigenvalue weighted by Gasteiger charge is 2.21. The van der Waals surface area contributed by atoms with Crippen molar-refractivity contribution in [2.45, 2.75) is 25.4 Å². The average molecular weight is 245 g/mol. The summed E-state index contributed by atoms with van der Waals surface area (Å²) in [5.41, 5.74) is 1.80. The molecule has 1 aliphatic carbocycles. The maximum atomic E-state index is 13.0. The number of aryl methyl sites for hydroxylation is 1. The van der Waals surface area contributed by atoms with Gasteiger partial charge in [0, 0.05) is 4.47 Å². The first-order chi connectivity index (χ1) is 6.18. The summed E-state index contributed by atoms with van der Waals surface area (Å²) in [6.07, 6.45) is 2.14. The summed E-state index contributed by atoms with van der Waals surface area (Å²) in [6.45, 7) is 0. The summed E-state index contributed by atoms with van der Waals surface area (Å²) in [6, 6.07) is 2.93. The first-order valence-corrected chi connectivity index (χ1v) is 5.13. The van der Waals surface area contributed by atoms with Crippen LogP contribution in [0.2, 0.25) is 0 Å². The van der Waals surface area contributed by atoms with Crippen molar-refractivity contribution in [3.05, 3.63) is 33.5 Å². The van der Waals surface area contributed by atoms with Gasteiger partial charge in [-0.25, -0.2) is 4.39 Å². The highest BCUT2D eigenvalue weighted by atomic mass is 79.9. The largest absolute Gasteiger partial charge is 0.388 e. The molecule has 3 heteroatoms. The Labute approximate surface area is 84.7 Å². The summed E-state index contributed by atoms with van der Waals surface area (Å²) >= 11 is 3.27. The Morgan fingerprint density at radius 2 is 2.23 bits per heavy atom. The van der Waals surface area contributed by atoms with Crippen LogP contribution in [0.15, 0.2) is 16.6 Å². The number of aliphatic hydroxyl groups excluding tert-OH is 1. The van der Waals surface area contributed by atoms with Crippen LogP contribution in [0, 0.1) is 5.82 Å². The number of benzene rings is 1. The number of hydrogen-bond donors (Lipinski definition) is 1. The Hall–Kier alpha value is -0.410. The van der Waals surface area contributed by atoms with E-state index in [4.69, 9.17) is 0 Å². The molecule has 0 aromatic heterocycles. The van der Waals surface area contributed by atoms with Crippen LogP contribution in [0.25, 0.3) is 0 Å². The molecule has 0 heterocycles. The lowest BCUT2D eigenvalue weighted by atomic mass is 9.89. The minimum absolute atomic E-state index is 0.236. The molecular formula is C10H10BrFO. The third kappa shape index (κ3) is 1.63. The number of aliphatic hydroxyl groups is 1. The smallest absolute Gasteiger partial charge is 0.124 e. The number of halogens is 2. The van der Waals surface area contributed by atoms with Crippen LogP contribution in [0.4, 0.5) is 4.39 Å². The Morgan fingerprint density at radius 3 is 3.00 bits per heavy atom. The van der Waals surface area contributed by atoms with Gasteiger partial charge in [-0.15, -0.1) is 0 Å².